The van der Waals surface area contributed by atoms with Crippen LogP contribution in [0.3, 0.4) is 0 Å². The number of nitrogens with one attached hydrogen (secondary N) is 3. The maximum atomic E-state index is 12.1. The molecule has 7 heteroatoms. The topological polar surface area (TPSA) is 99.7 Å². The summed E-state index contributed by atoms with van der Waals surface area (Å²) < 4.78 is 5.37. The van der Waals surface area contributed by atoms with Gasteiger partial charge in [-0.3, -0.25) is 10.9 Å². The first-order valence-electron chi connectivity index (χ1n) is 8.91. The number of amides is 1. The van der Waals surface area contributed by atoms with E-state index >= 15 is 0 Å². The van der Waals surface area contributed by atoms with Gasteiger partial charge in [0.05, 0.1) is 0 Å². The molecular weight excluding hydrogens is 346 g/mol. The van der Waals surface area contributed by atoms with Gasteiger partial charge in [-0.15, -0.1) is 0 Å². The van der Waals surface area contributed by atoms with E-state index in [4.69, 9.17) is 4.74 Å². The summed E-state index contributed by atoms with van der Waals surface area (Å²) in [5.41, 5.74) is 10.0. The van der Waals surface area contributed by atoms with E-state index in [1.165, 1.54) is 0 Å². The van der Waals surface area contributed by atoms with Gasteiger partial charge in [0.15, 0.2) is 0 Å². The number of hydrazine groups is 1. The van der Waals surface area contributed by atoms with Gasteiger partial charge >= 0.3 is 12.1 Å². The fourth-order valence-corrected chi connectivity index (χ4v) is 3.28. The number of rotatable bonds is 8. The van der Waals surface area contributed by atoms with Gasteiger partial charge in [-0.2, -0.15) is 0 Å². The van der Waals surface area contributed by atoms with Crippen molar-refractivity contribution in [2.24, 2.45) is 0 Å². The van der Waals surface area contributed by atoms with Crippen molar-refractivity contribution >= 4 is 12.1 Å². The number of carboxylic acids is 1. The summed E-state index contributed by atoms with van der Waals surface area (Å²) in [5, 5.41) is 11.6. The third-order valence-corrected chi connectivity index (χ3v) is 4.54. The number of alkyl carbamates (subject to hydrolysis) is 1. The highest BCUT2D eigenvalue weighted by Crippen LogP contribution is 2.44. The third kappa shape index (κ3) is 4.27. The summed E-state index contributed by atoms with van der Waals surface area (Å²) in [6.45, 7) is 2.71. The van der Waals surface area contributed by atoms with Crippen LogP contribution in [-0.4, -0.2) is 42.9 Å². The molecule has 27 heavy (non-hydrogen) atoms. The van der Waals surface area contributed by atoms with E-state index in [0.717, 1.165) is 22.3 Å². The minimum absolute atomic E-state index is 0.0490. The maximum Gasteiger partial charge on any atom is 0.407 e. The Balaban J connectivity index is 1.64. The molecule has 0 fully saturated rings. The molecule has 4 N–H and O–H groups in total. The molecule has 1 aliphatic carbocycles. The van der Waals surface area contributed by atoms with Crippen LogP contribution in [0.1, 0.15) is 24.0 Å². The second kappa shape index (κ2) is 8.66. The van der Waals surface area contributed by atoms with E-state index in [9.17, 15) is 14.7 Å². The maximum absolute atomic E-state index is 12.1. The van der Waals surface area contributed by atoms with Crippen LogP contribution in [0, 0.1) is 0 Å². The quantitative estimate of drug-likeness (QED) is 0.420. The summed E-state index contributed by atoms with van der Waals surface area (Å²) in [6.07, 6.45) is -0.748. The Kier molecular flexibility index (Phi) is 6.05. The van der Waals surface area contributed by atoms with Crippen LogP contribution in [0.5, 0.6) is 0 Å². The molecule has 0 saturated carbocycles. The first-order chi connectivity index (χ1) is 13.1. The van der Waals surface area contributed by atoms with Gasteiger partial charge < -0.3 is 15.2 Å². The van der Waals surface area contributed by atoms with Gasteiger partial charge in [-0.05, 0) is 22.3 Å². The highest BCUT2D eigenvalue weighted by atomic mass is 16.5. The molecule has 2 aromatic carbocycles. The molecule has 1 unspecified atom stereocenters. The highest BCUT2D eigenvalue weighted by molar-refractivity contribution is 5.81. The summed E-state index contributed by atoms with van der Waals surface area (Å²) in [7, 11) is 0. The van der Waals surface area contributed by atoms with Crippen LogP contribution in [0.25, 0.3) is 11.1 Å². The van der Waals surface area contributed by atoms with Crippen molar-refractivity contribution in [1.29, 1.82) is 0 Å². The zero-order valence-corrected chi connectivity index (χ0v) is 15.1. The van der Waals surface area contributed by atoms with Crippen LogP contribution < -0.4 is 16.2 Å². The Hall–Kier alpha value is -2.90. The van der Waals surface area contributed by atoms with Crippen LogP contribution >= 0.6 is 0 Å². The molecule has 0 aromatic heterocycles. The highest BCUT2D eigenvalue weighted by Gasteiger charge is 2.29. The van der Waals surface area contributed by atoms with E-state index in [2.05, 4.69) is 28.3 Å². The number of ether oxygens (including phenoxy) is 1. The van der Waals surface area contributed by atoms with Gasteiger partial charge in [-0.25, -0.2) is 9.59 Å². The van der Waals surface area contributed by atoms with E-state index in [1.54, 1.807) is 0 Å². The zero-order chi connectivity index (χ0) is 19.2. The molecule has 142 valence electrons. The number of carboxylic acid groups (broad SMARTS) is 1. The molecular formula is C20H23N3O4. The predicted octanol–water partition coefficient (Wildman–Crippen LogP) is 2.09. The fourth-order valence-electron chi connectivity index (χ4n) is 3.28. The summed E-state index contributed by atoms with van der Waals surface area (Å²) in [4.78, 5) is 23.4. The van der Waals surface area contributed by atoms with E-state index in [-0.39, 0.29) is 19.1 Å². The molecule has 0 spiro atoms. The third-order valence-electron chi connectivity index (χ3n) is 4.54. The number of aliphatic carboxylic acids is 1. The van der Waals surface area contributed by atoms with Crippen molar-refractivity contribution in [2.75, 3.05) is 19.7 Å². The lowest BCUT2D eigenvalue weighted by atomic mass is 9.98. The number of benzene rings is 2. The first kappa shape index (κ1) is 18.9. The van der Waals surface area contributed by atoms with Crippen molar-refractivity contribution in [3.05, 3.63) is 59.7 Å². The number of hydrogen-bond acceptors (Lipinski definition) is 5. The monoisotopic (exact) mass is 369 g/mol. The zero-order valence-electron chi connectivity index (χ0n) is 15.1. The summed E-state index contributed by atoms with van der Waals surface area (Å²) in [5.74, 6) is -1.19. The average Bonchev–Trinajstić information content (AvgIpc) is 2.99. The smallest absolute Gasteiger partial charge is 0.407 e. The molecule has 0 radical (unpaired) electrons. The molecule has 1 aliphatic rings. The van der Waals surface area contributed by atoms with Crippen molar-refractivity contribution < 1.29 is 19.4 Å². The molecule has 0 heterocycles. The van der Waals surface area contributed by atoms with Crippen molar-refractivity contribution in [2.45, 2.75) is 18.9 Å². The number of carbonyl (C=O) groups is 2. The largest absolute Gasteiger partial charge is 0.480 e. The van der Waals surface area contributed by atoms with Crippen LogP contribution in [0.4, 0.5) is 4.79 Å². The van der Waals surface area contributed by atoms with Gasteiger partial charge in [-0.1, -0.05) is 55.5 Å². The van der Waals surface area contributed by atoms with E-state index in [0.29, 0.717) is 6.54 Å². The lowest BCUT2D eigenvalue weighted by Gasteiger charge is -2.18. The van der Waals surface area contributed by atoms with Crippen LogP contribution in [0.15, 0.2) is 48.5 Å². The van der Waals surface area contributed by atoms with Gasteiger partial charge in [0, 0.05) is 19.0 Å². The first-order valence-corrected chi connectivity index (χ1v) is 8.91. The van der Waals surface area contributed by atoms with Crippen molar-refractivity contribution in [1.82, 2.24) is 16.2 Å². The summed E-state index contributed by atoms with van der Waals surface area (Å²) >= 11 is 0. The van der Waals surface area contributed by atoms with Crippen molar-refractivity contribution in [3.63, 3.8) is 0 Å². The fraction of sp³-hybridized carbons (Fsp3) is 0.300. The number of carbonyl (C=O) groups excluding carboxylic acids is 1. The van der Waals surface area contributed by atoms with Gasteiger partial charge in [0.1, 0.15) is 12.6 Å². The lowest BCUT2D eigenvalue weighted by molar-refractivity contribution is -0.139. The lowest BCUT2D eigenvalue weighted by Crippen LogP contribution is -2.50. The second-order valence-electron chi connectivity index (χ2n) is 6.27. The van der Waals surface area contributed by atoms with E-state index < -0.39 is 18.1 Å². The standard InChI is InChI=1S/C20H23N3O4/c1-2-21-22-11-18(19(24)25)23-20(26)27-12-17-15-9-5-3-7-13(15)14-8-4-6-10-16(14)17/h3-10,17-18,21-22H,2,11-12H2,1H3,(H,23,26)(H,24,25). The number of hydrogen-bond donors (Lipinski definition) is 4. The molecule has 0 aliphatic heterocycles. The summed E-state index contributed by atoms with van der Waals surface area (Å²) in [6, 6.07) is 15.0. The predicted molar refractivity (Wildman–Crippen MR) is 101 cm³/mol. The number of fused-ring (bicyclic) bond motifs is 3. The minimum Gasteiger partial charge on any atom is -0.480 e. The Morgan fingerprint density at radius 2 is 1.63 bits per heavy atom. The second-order valence-corrected chi connectivity index (χ2v) is 6.27. The molecule has 0 saturated heterocycles. The molecule has 1 amide bonds. The minimum atomic E-state index is -1.13. The van der Waals surface area contributed by atoms with Gasteiger partial charge in [0.25, 0.3) is 0 Å². The molecule has 7 nitrogen and oxygen atoms in total. The van der Waals surface area contributed by atoms with Crippen LogP contribution in [-0.2, 0) is 9.53 Å². The molecule has 2 aromatic rings. The Bertz CT molecular complexity index is 779. The average molecular weight is 369 g/mol. The Morgan fingerprint density at radius 1 is 1.04 bits per heavy atom. The molecule has 3 rings (SSSR count). The van der Waals surface area contributed by atoms with Crippen molar-refractivity contribution in [3.8, 4) is 11.1 Å². The Labute approximate surface area is 157 Å². The van der Waals surface area contributed by atoms with Gasteiger partial charge in [0.2, 0.25) is 0 Å². The SMILES string of the molecule is CCNNCC(NC(=O)OCC1c2ccccc2-c2ccccc21)C(=O)O. The van der Waals surface area contributed by atoms with E-state index in [1.807, 2.05) is 43.3 Å². The molecule has 0 bridgehead atoms. The Morgan fingerprint density at radius 3 is 2.19 bits per heavy atom. The normalized spacial score (nSPS) is 13.5. The molecule has 1 atom stereocenters. The van der Waals surface area contributed by atoms with Crippen LogP contribution in [0.2, 0.25) is 0 Å².